The third-order valence-electron chi connectivity index (χ3n) is 4.37. The lowest BCUT2D eigenvalue weighted by molar-refractivity contribution is 0.0954. The van der Waals surface area contributed by atoms with E-state index < -0.39 is 0 Å². The quantitative estimate of drug-likeness (QED) is 0.553. The molecule has 8 heteroatoms. The van der Waals surface area contributed by atoms with Crippen LogP contribution in [0, 0.1) is 20.8 Å². The van der Waals surface area contributed by atoms with Gasteiger partial charge >= 0.3 is 0 Å². The molecule has 0 unspecified atom stereocenters. The van der Waals surface area contributed by atoms with Crippen LogP contribution in [0.1, 0.15) is 39.2 Å². The summed E-state index contributed by atoms with van der Waals surface area (Å²) in [4.78, 5) is 23.3. The lowest BCUT2D eigenvalue weighted by Gasteiger charge is -2.04. The van der Waals surface area contributed by atoms with Crippen molar-refractivity contribution in [3.63, 3.8) is 0 Å². The number of thiophene rings is 1. The van der Waals surface area contributed by atoms with Gasteiger partial charge < -0.3 is 9.47 Å². The molecule has 1 aromatic carbocycles. The molecule has 27 heavy (non-hydrogen) atoms. The smallest absolute Gasteiger partial charge is 0.271 e. The highest BCUT2D eigenvalue weighted by atomic mass is 32.1. The van der Waals surface area contributed by atoms with E-state index in [4.69, 9.17) is 9.47 Å². The summed E-state index contributed by atoms with van der Waals surface area (Å²) < 4.78 is 10.6. The van der Waals surface area contributed by atoms with Crippen molar-refractivity contribution < 1.29 is 14.3 Å². The van der Waals surface area contributed by atoms with Crippen LogP contribution in [0.3, 0.4) is 0 Å². The molecule has 3 aromatic rings. The first-order chi connectivity index (χ1) is 12.9. The Morgan fingerprint density at radius 1 is 1.19 bits per heavy atom. The maximum Gasteiger partial charge on any atom is 0.271 e. The average Bonchev–Trinajstić information content (AvgIpc) is 3.23. The molecular weight excluding hydrogens is 364 g/mol. The Morgan fingerprint density at radius 2 is 1.96 bits per heavy atom. The Labute approximate surface area is 160 Å². The third kappa shape index (κ3) is 3.12. The Kier molecular flexibility index (Phi) is 4.27. The van der Waals surface area contributed by atoms with E-state index in [1.54, 1.807) is 29.5 Å². The van der Waals surface area contributed by atoms with Crippen molar-refractivity contribution in [1.82, 2.24) is 15.4 Å². The summed E-state index contributed by atoms with van der Waals surface area (Å²) in [5.41, 5.74) is 5.82. The number of fused-ring (bicyclic) bond motifs is 2. The first kappa shape index (κ1) is 17.4. The molecule has 0 aliphatic carbocycles. The van der Waals surface area contributed by atoms with Gasteiger partial charge in [0.25, 0.3) is 5.91 Å². The minimum absolute atomic E-state index is 0.171. The molecule has 1 N–H and O–H groups in total. The fourth-order valence-electron chi connectivity index (χ4n) is 3.11. The molecule has 0 saturated carbocycles. The molecule has 0 spiro atoms. The van der Waals surface area contributed by atoms with E-state index in [0.717, 1.165) is 37.9 Å². The molecule has 0 fully saturated rings. The van der Waals surface area contributed by atoms with E-state index >= 15 is 0 Å². The van der Waals surface area contributed by atoms with Gasteiger partial charge in [0.05, 0.1) is 10.6 Å². The molecule has 1 aliphatic heterocycles. The Balaban J connectivity index is 1.59. The number of hydrazone groups is 1. The SMILES string of the molecule is C/C(=N\NC(=O)c1ccc2c(c1)OCO2)c1sc2nc(C)nc(C)c2c1C. The van der Waals surface area contributed by atoms with Crippen molar-refractivity contribution in [2.75, 3.05) is 6.79 Å². The maximum atomic E-state index is 12.4. The zero-order chi connectivity index (χ0) is 19.1. The van der Waals surface area contributed by atoms with Crippen LogP contribution < -0.4 is 14.9 Å². The summed E-state index contributed by atoms with van der Waals surface area (Å²) >= 11 is 1.55. The van der Waals surface area contributed by atoms with Crippen molar-refractivity contribution in [1.29, 1.82) is 0 Å². The number of benzene rings is 1. The minimum atomic E-state index is -0.307. The number of hydrogen-bond donors (Lipinski definition) is 1. The zero-order valence-electron chi connectivity index (χ0n) is 15.4. The Morgan fingerprint density at radius 3 is 2.78 bits per heavy atom. The van der Waals surface area contributed by atoms with Gasteiger partial charge in [0.15, 0.2) is 11.5 Å². The number of ether oxygens (including phenoxy) is 2. The molecule has 0 atom stereocenters. The predicted octanol–water partition coefficient (Wildman–Crippen LogP) is 3.50. The minimum Gasteiger partial charge on any atom is -0.454 e. The van der Waals surface area contributed by atoms with Crippen LogP contribution in [0.25, 0.3) is 10.2 Å². The summed E-state index contributed by atoms with van der Waals surface area (Å²) in [5, 5.41) is 5.33. The Bertz CT molecular complexity index is 1100. The van der Waals surface area contributed by atoms with Gasteiger partial charge in [-0.3, -0.25) is 4.79 Å². The molecule has 138 valence electrons. The molecule has 3 heterocycles. The highest BCUT2D eigenvalue weighted by Gasteiger charge is 2.17. The van der Waals surface area contributed by atoms with Crippen LogP contribution in [0.15, 0.2) is 23.3 Å². The molecule has 0 saturated heterocycles. The number of nitrogens with zero attached hydrogens (tertiary/aromatic N) is 3. The highest BCUT2D eigenvalue weighted by molar-refractivity contribution is 7.20. The average molecular weight is 382 g/mol. The molecular formula is C19H18N4O3S. The number of carbonyl (C=O) groups is 1. The summed E-state index contributed by atoms with van der Waals surface area (Å²) in [5.74, 6) is 1.64. The Hall–Kier alpha value is -3.00. The largest absolute Gasteiger partial charge is 0.454 e. The van der Waals surface area contributed by atoms with Crippen molar-refractivity contribution in [2.24, 2.45) is 5.10 Å². The first-order valence-corrected chi connectivity index (χ1v) is 9.24. The van der Waals surface area contributed by atoms with E-state index in [0.29, 0.717) is 17.1 Å². The number of hydrogen-bond acceptors (Lipinski definition) is 7. The number of amides is 1. The van der Waals surface area contributed by atoms with Crippen LogP contribution >= 0.6 is 11.3 Å². The van der Waals surface area contributed by atoms with Gasteiger partial charge in [0.1, 0.15) is 10.7 Å². The van der Waals surface area contributed by atoms with E-state index in [1.165, 1.54) is 0 Å². The summed E-state index contributed by atoms with van der Waals surface area (Å²) in [7, 11) is 0. The van der Waals surface area contributed by atoms with Crippen LogP contribution in [-0.2, 0) is 0 Å². The van der Waals surface area contributed by atoms with Crippen LogP contribution in [-0.4, -0.2) is 28.4 Å². The van der Waals surface area contributed by atoms with Gasteiger partial charge in [-0.2, -0.15) is 5.10 Å². The van der Waals surface area contributed by atoms with Crippen molar-refractivity contribution >= 4 is 33.2 Å². The van der Waals surface area contributed by atoms with Crippen molar-refractivity contribution in [3.8, 4) is 11.5 Å². The number of aromatic nitrogens is 2. The van der Waals surface area contributed by atoms with Crippen molar-refractivity contribution in [3.05, 3.63) is 45.7 Å². The highest BCUT2D eigenvalue weighted by Crippen LogP contribution is 2.33. The molecule has 4 rings (SSSR count). The fraction of sp³-hybridized carbons (Fsp3) is 0.263. The van der Waals surface area contributed by atoms with Gasteiger partial charge in [0.2, 0.25) is 6.79 Å². The van der Waals surface area contributed by atoms with Gasteiger partial charge in [-0.1, -0.05) is 0 Å². The maximum absolute atomic E-state index is 12.4. The number of nitrogens with one attached hydrogen (secondary N) is 1. The van der Waals surface area contributed by atoms with Crippen LogP contribution in [0.5, 0.6) is 11.5 Å². The second-order valence-corrected chi connectivity index (χ2v) is 7.30. The second kappa shape index (κ2) is 6.62. The van der Waals surface area contributed by atoms with Crippen LogP contribution in [0.4, 0.5) is 0 Å². The monoisotopic (exact) mass is 382 g/mol. The number of rotatable bonds is 3. The first-order valence-electron chi connectivity index (χ1n) is 8.43. The third-order valence-corrected chi connectivity index (χ3v) is 5.67. The van der Waals surface area contributed by atoms with Gasteiger partial charge in [-0.15, -0.1) is 11.3 Å². The summed E-state index contributed by atoms with van der Waals surface area (Å²) in [6.07, 6.45) is 0. The van der Waals surface area contributed by atoms with Gasteiger partial charge in [0, 0.05) is 16.6 Å². The van der Waals surface area contributed by atoms with Gasteiger partial charge in [-0.05, 0) is 51.5 Å². The molecule has 0 bridgehead atoms. The van der Waals surface area contributed by atoms with E-state index in [2.05, 4.69) is 20.5 Å². The lowest BCUT2D eigenvalue weighted by Crippen LogP contribution is -2.19. The standard InChI is InChI=1S/C19H18N4O3S/c1-9-16-10(2)20-12(4)21-19(16)27-17(9)11(3)22-23-18(24)13-5-6-14-15(7-13)26-8-25-14/h5-7H,8H2,1-4H3,(H,23,24)/b22-11+. The topological polar surface area (TPSA) is 85.7 Å². The lowest BCUT2D eigenvalue weighted by atomic mass is 10.1. The second-order valence-electron chi connectivity index (χ2n) is 6.30. The summed E-state index contributed by atoms with van der Waals surface area (Å²) in [6.45, 7) is 7.93. The van der Waals surface area contributed by atoms with Gasteiger partial charge in [-0.25, -0.2) is 15.4 Å². The molecule has 1 aliphatic rings. The normalized spacial score (nSPS) is 13.3. The predicted molar refractivity (Wildman–Crippen MR) is 104 cm³/mol. The number of carbonyl (C=O) groups excluding carboxylic acids is 1. The van der Waals surface area contributed by atoms with E-state index in [1.807, 2.05) is 27.7 Å². The van der Waals surface area contributed by atoms with Crippen molar-refractivity contribution in [2.45, 2.75) is 27.7 Å². The number of aryl methyl sites for hydroxylation is 3. The fourth-order valence-corrected chi connectivity index (χ4v) is 4.33. The zero-order valence-corrected chi connectivity index (χ0v) is 16.2. The molecule has 2 aromatic heterocycles. The van der Waals surface area contributed by atoms with Crippen LogP contribution in [0.2, 0.25) is 0 Å². The molecule has 0 radical (unpaired) electrons. The summed E-state index contributed by atoms with van der Waals surface area (Å²) in [6, 6.07) is 5.04. The van der Waals surface area contributed by atoms with E-state index in [-0.39, 0.29) is 12.7 Å². The molecule has 1 amide bonds. The van der Waals surface area contributed by atoms with E-state index in [9.17, 15) is 4.79 Å². The molecule has 7 nitrogen and oxygen atoms in total.